The summed E-state index contributed by atoms with van der Waals surface area (Å²) in [5, 5.41) is 8.13. The highest BCUT2D eigenvalue weighted by Crippen LogP contribution is 1.87. The van der Waals surface area contributed by atoms with Crippen LogP contribution in [0, 0.1) is 0 Å². The van der Waals surface area contributed by atoms with Crippen molar-refractivity contribution in [2.24, 2.45) is 0 Å². The fraction of sp³-hybridized carbons (Fsp3) is 0.429. The average molecular weight is 112 g/mol. The van der Waals surface area contributed by atoms with E-state index in [4.69, 9.17) is 5.11 Å². The molecule has 0 aliphatic heterocycles. The van der Waals surface area contributed by atoms with Gasteiger partial charge in [0.25, 0.3) is 0 Å². The van der Waals surface area contributed by atoms with Crippen molar-refractivity contribution in [1.29, 1.82) is 0 Å². The molecule has 0 spiro atoms. The van der Waals surface area contributed by atoms with Gasteiger partial charge < -0.3 is 5.11 Å². The van der Waals surface area contributed by atoms with E-state index in [1.54, 1.807) is 6.08 Å². The molecule has 0 fully saturated rings. The van der Waals surface area contributed by atoms with Crippen molar-refractivity contribution >= 4 is 0 Å². The summed E-state index contributed by atoms with van der Waals surface area (Å²) in [6, 6.07) is 0. The Labute approximate surface area is 50.3 Å². The van der Waals surface area contributed by atoms with E-state index in [1.165, 1.54) is 0 Å². The second kappa shape index (κ2) is 6.28. The second-order valence-corrected chi connectivity index (χ2v) is 1.56. The first-order valence-corrected chi connectivity index (χ1v) is 2.87. The first-order valence-electron chi connectivity index (χ1n) is 2.87. The van der Waals surface area contributed by atoms with E-state index in [1.807, 2.05) is 12.2 Å². The van der Waals surface area contributed by atoms with Crippen molar-refractivity contribution < 1.29 is 5.11 Å². The van der Waals surface area contributed by atoms with Crippen LogP contribution >= 0.6 is 0 Å². The highest BCUT2D eigenvalue weighted by atomic mass is 16.2. The minimum atomic E-state index is 1.03. The molecule has 1 N–H and O–H groups in total. The standard InChI is InChI=1S/C7H12O/c1-2-3-4-5-6-7-8/h4-8H,2-3H2,1H3. The van der Waals surface area contributed by atoms with Crippen LogP contribution in [-0.4, -0.2) is 5.11 Å². The van der Waals surface area contributed by atoms with Gasteiger partial charge >= 0.3 is 0 Å². The van der Waals surface area contributed by atoms with E-state index in [0.717, 1.165) is 19.1 Å². The number of hydrogen-bond donors (Lipinski definition) is 1. The highest BCUT2D eigenvalue weighted by molar-refractivity contribution is 4.98. The minimum absolute atomic E-state index is 1.03. The van der Waals surface area contributed by atoms with Crippen LogP contribution < -0.4 is 0 Å². The van der Waals surface area contributed by atoms with E-state index in [9.17, 15) is 0 Å². The van der Waals surface area contributed by atoms with Crippen LogP contribution in [0.2, 0.25) is 0 Å². The Hall–Kier alpha value is -0.720. The lowest BCUT2D eigenvalue weighted by Gasteiger charge is -1.78. The maximum absolute atomic E-state index is 8.13. The summed E-state index contributed by atoms with van der Waals surface area (Å²) in [5.41, 5.74) is 0. The molecule has 8 heavy (non-hydrogen) atoms. The van der Waals surface area contributed by atoms with Gasteiger partial charge in [-0.25, -0.2) is 0 Å². The lowest BCUT2D eigenvalue weighted by Crippen LogP contribution is -1.58. The molecule has 0 radical (unpaired) electrons. The number of allylic oxidation sites excluding steroid dienone is 3. The van der Waals surface area contributed by atoms with Crippen LogP contribution in [0.3, 0.4) is 0 Å². The summed E-state index contributed by atoms with van der Waals surface area (Å²) in [4.78, 5) is 0. The van der Waals surface area contributed by atoms with Gasteiger partial charge in [0.05, 0.1) is 6.26 Å². The van der Waals surface area contributed by atoms with Crippen molar-refractivity contribution in [3.63, 3.8) is 0 Å². The number of hydrogen-bond acceptors (Lipinski definition) is 1. The highest BCUT2D eigenvalue weighted by Gasteiger charge is 1.67. The number of aliphatic hydroxyl groups excluding tert-OH is 1. The predicted octanol–water partition coefficient (Wildman–Crippen LogP) is 2.41. The molecule has 0 aliphatic carbocycles. The molecule has 0 unspecified atom stereocenters. The lowest BCUT2D eigenvalue weighted by molar-refractivity contribution is 0.473. The van der Waals surface area contributed by atoms with Gasteiger partial charge in [-0.2, -0.15) is 0 Å². The Morgan fingerprint density at radius 2 is 2.12 bits per heavy atom. The van der Waals surface area contributed by atoms with Gasteiger partial charge in [-0.3, -0.25) is 0 Å². The largest absolute Gasteiger partial charge is 0.516 e. The fourth-order valence-corrected chi connectivity index (χ4v) is 0.391. The van der Waals surface area contributed by atoms with Crippen molar-refractivity contribution in [3.8, 4) is 0 Å². The summed E-state index contributed by atoms with van der Waals surface area (Å²) >= 11 is 0. The zero-order valence-corrected chi connectivity index (χ0v) is 5.17. The van der Waals surface area contributed by atoms with Crippen molar-refractivity contribution in [1.82, 2.24) is 0 Å². The van der Waals surface area contributed by atoms with Crippen LogP contribution in [0.15, 0.2) is 24.5 Å². The average Bonchev–Trinajstić information content (AvgIpc) is 1.81. The van der Waals surface area contributed by atoms with E-state index in [-0.39, 0.29) is 0 Å². The van der Waals surface area contributed by atoms with Crippen molar-refractivity contribution in [2.75, 3.05) is 0 Å². The minimum Gasteiger partial charge on any atom is -0.516 e. The topological polar surface area (TPSA) is 20.2 Å². The van der Waals surface area contributed by atoms with E-state index in [2.05, 4.69) is 6.92 Å². The van der Waals surface area contributed by atoms with Crippen LogP contribution in [0.5, 0.6) is 0 Å². The Bertz CT molecular complexity index is 82.4. The number of rotatable bonds is 3. The Kier molecular flexibility index (Phi) is 5.71. The Morgan fingerprint density at radius 1 is 1.38 bits per heavy atom. The molecule has 0 aromatic rings. The Balaban J connectivity index is 3.07. The first kappa shape index (κ1) is 7.28. The molecule has 0 aromatic carbocycles. The molecule has 0 saturated carbocycles. The third kappa shape index (κ3) is 5.28. The summed E-state index contributed by atoms with van der Waals surface area (Å²) in [6.07, 6.45) is 8.75. The zero-order valence-electron chi connectivity index (χ0n) is 5.17. The van der Waals surface area contributed by atoms with Crippen LogP contribution in [-0.2, 0) is 0 Å². The van der Waals surface area contributed by atoms with Gasteiger partial charge in [-0.1, -0.05) is 25.5 Å². The van der Waals surface area contributed by atoms with Gasteiger partial charge in [-0.05, 0) is 12.5 Å². The van der Waals surface area contributed by atoms with Crippen molar-refractivity contribution in [2.45, 2.75) is 19.8 Å². The molecule has 0 amide bonds. The van der Waals surface area contributed by atoms with Crippen LogP contribution in [0.4, 0.5) is 0 Å². The smallest absolute Gasteiger partial charge is 0.0791 e. The molecule has 0 aliphatic rings. The summed E-state index contributed by atoms with van der Waals surface area (Å²) in [7, 11) is 0. The van der Waals surface area contributed by atoms with Crippen LogP contribution in [0.1, 0.15) is 19.8 Å². The third-order valence-corrected chi connectivity index (χ3v) is 0.789. The van der Waals surface area contributed by atoms with Crippen LogP contribution in [0.25, 0.3) is 0 Å². The monoisotopic (exact) mass is 112 g/mol. The second-order valence-electron chi connectivity index (χ2n) is 1.56. The SMILES string of the molecule is CCCC=CC=CO. The van der Waals surface area contributed by atoms with Gasteiger partial charge in [-0.15, -0.1) is 0 Å². The van der Waals surface area contributed by atoms with E-state index < -0.39 is 0 Å². The number of aliphatic hydroxyl groups is 1. The fourth-order valence-electron chi connectivity index (χ4n) is 0.391. The molecule has 1 nitrogen and oxygen atoms in total. The summed E-state index contributed by atoms with van der Waals surface area (Å²) < 4.78 is 0. The van der Waals surface area contributed by atoms with Gasteiger partial charge in [0.2, 0.25) is 0 Å². The van der Waals surface area contributed by atoms with Gasteiger partial charge in [0, 0.05) is 0 Å². The van der Waals surface area contributed by atoms with Gasteiger partial charge in [0.1, 0.15) is 0 Å². The predicted molar refractivity (Wildman–Crippen MR) is 35.8 cm³/mol. The molecule has 0 aromatic heterocycles. The first-order chi connectivity index (χ1) is 3.91. The molecule has 1 heteroatoms. The molecule has 0 atom stereocenters. The molecule has 46 valence electrons. The maximum Gasteiger partial charge on any atom is 0.0791 e. The van der Waals surface area contributed by atoms with E-state index >= 15 is 0 Å². The number of unbranched alkanes of at least 4 members (excludes halogenated alkanes) is 1. The van der Waals surface area contributed by atoms with E-state index in [0.29, 0.717) is 0 Å². The quantitative estimate of drug-likeness (QED) is 0.439. The molecule has 0 heterocycles. The molecule has 0 saturated heterocycles. The van der Waals surface area contributed by atoms with Crippen molar-refractivity contribution in [3.05, 3.63) is 24.5 Å². The summed E-state index contributed by atoms with van der Waals surface area (Å²) in [6.45, 7) is 2.12. The molecule has 0 bridgehead atoms. The normalized spacial score (nSPS) is 11.6. The van der Waals surface area contributed by atoms with Gasteiger partial charge in [0.15, 0.2) is 0 Å². The Morgan fingerprint density at radius 3 is 2.62 bits per heavy atom. The molecule has 0 rings (SSSR count). The lowest BCUT2D eigenvalue weighted by atomic mass is 10.3. The maximum atomic E-state index is 8.13. The summed E-state index contributed by atoms with van der Waals surface area (Å²) in [5.74, 6) is 0. The zero-order chi connectivity index (χ0) is 6.24. The third-order valence-electron chi connectivity index (χ3n) is 0.789. The molecular formula is C7H12O. The molecular weight excluding hydrogens is 100 g/mol.